The van der Waals surface area contributed by atoms with E-state index in [2.05, 4.69) is 19.2 Å². The summed E-state index contributed by atoms with van der Waals surface area (Å²) < 4.78 is 10.2. The molecule has 0 aromatic carbocycles. The molecule has 1 N–H and O–H groups in total. The SMILES string of the molecule is CCC(CC)(CCCOC)CNCCOC. The molecule has 0 fully saturated rings. The van der Waals surface area contributed by atoms with Gasteiger partial charge in [0.05, 0.1) is 6.61 Å². The van der Waals surface area contributed by atoms with Gasteiger partial charge in [0.25, 0.3) is 0 Å². The predicted molar refractivity (Wildman–Crippen MR) is 68.9 cm³/mol. The molecule has 0 radical (unpaired) electrons. The maximum atomic E-state index is 5.13. The third kappa shape index (κ3) is 6.46. The van der Waals surface area contributed by atoms with Gasteiger partial charge in [-0.2, -0.15) is 0 Å². The summed E-state index contributed by atoms with van der Waals surface area (Å²) in [7, 11) is 3.52. The summed E-state index contributed by atoms with van der Waals surface area (Å²) in [6.45, 7) is 8.28. The molecule has 0 aromatic rings. The average Bonchev–Trinajstić information content (AvgIpc) is 2.33. The van der Waals surface area contributed by atoms with Crippen LogP contribution >= 0.6 is 0 Å². The van der Waals surface area contributed by atoms with Crippen LogP contribution in [0.3, 0.4) is 0 Å². The van der Waals surface area contributed by atoms with Gasteiger partial charge in [-0.25, -0.2) is 0 Å². The van der Waals surface area contributed by atoms with Gasteiger partial charge in [-0.15, -0.1) is 0 Å². The van der Waals surface area contributed by atoms with E-state index in [4.69, 9.17) is 9.47 Å². The second kappa shape index (κ2) is 10.1. The van der Waals surface area contributed by atoms with Gasteiger partial charge in [0.2, 0.25) is 0 Å². The molecule has 0 unspecified atom stereocenters. The van der Waals surface area contributed by atoms with E-state index < -0.39 is 0 Å². The van der Waals surface area contributed by atoms with Crippen LogP contribution in [0.5, 0.6) is 0 Å². The highest BCUT2D eigenvalue weighted by molar-refractivity contribution is 4.79. The van der Waals surface area contributed by atoms with E-state index in [0.29, 0.717) is 5.41 Å². The molecule has 0 amide bonds. The van der Waals surface area contributed by atoms with Crippen molar-refractivity contribution in [3.05, 3.63) is 0 Å². The first-order valence-electron chi connectivity index (χ1n) is 6.43. The summed E-state index contributed by atoms with van der Waals surface area (Å²) in [5.41, 5.74) is 0.437. The van der Waals surface area contributed by atoms with Crippen molar-refractivity contribution in [2.45, 2.75) is 39.5 Å². The Balaban J connectivity index is 3.90. The normalized spacial score (nSPS) is 12.0. The Hall–Kier alpha value is -0.120. The van der Waals surface area contributed by atoms with Gasteiger partial charge >= 0.3 is 0 Å². The second-order valence-corrected chi connectivity index (χ2v) is 4.47. The van der Waals surface area contributed by atoms with E-state index in [1.54, 1.807) is 14.2 Å². The van der Waals surface area contributed by atoms with Gasteiger partial charge in [-0.05, 0) is 31.1 Å². The van der Waals surface area contributed by atoms with Gasteiger partial charge in [-0.1, -0.05) is 13.8 Å². The van der Waals surface area contributed by atoms with Crippen molar-refractivity contribution in [2.75, 3.05) is 40.5 Å². The molecule has 0 aliphatic carbocycles. The molecule has 0 atom stereocenters. The second-order valence-electron chi connectivity index (χ2n) is 4.47. The Morgan fingerprint density at radius 1 is 1.00 bits per heavy atom. The van der Waals surface area contributed by atoms with Crippen LogP contribution in [-0.4, -0.2) is 40.5 Å². The number of rotatable bonds is 11. The monoisotopic (exact) mass is 231 g/mol. The smallest absolute Gasteiger partial charge is 0.0587 e. The van der Waals surface area contributed by atoms with Crippen molar-refractivity contribution >= 4 is 0 Å². The third-order valence-electron chi connectivity index (χ3n) is 3.54. The van der Waals surface area contributed by atoms with Crippen molar-refractivity contribution in [2.24, 2.45) is 5.41 Å². The fraction of sp³-hybridized carbons (Fsp3) is 1.00. The zero-order valence-corrected chi connectivity index (χ0v) is 11.5. The molecular formula is C13H29NO2. The van der Waals surface area contributed by atoms with Gasteiger partial charge in [0.1, 0.15) is 0 Å². The minimum atomic E-state index is 0.437. The van der Waals surface area contributed by atoms with Crippen LogP contribution in [0, 0.1) is 5.41 Å². The molecule has 3 nitrogen and oxygen atoms in total. The van der Waals surface area contributed by atoms with Crippen LogP contribution in [0.15, 0.2) is 0 Å². The Morgan fingerprint density at radius 3 is 2.12 bits per heavy atom. The molecule has 16 heavy (non-hydrogen) atoms. The lowest BCUT2D eigenvalue weighted by Gasteiger charge is -2.32. The summed E-state index contributed by atoms with van der Waals surface area (Å²) in [5.74, 6) is 0. The Morgan fingerprint density at radius 2 is 1.62 bits per heavy atom. The van der Waals surface area contributed by atoms with Crippen LogP contribution in [0.25, 0.3) is 0 Å². The third-order valence-corrected chi connectivity index (χ3v) is 3.54. The first kappa shape index (κ1) is 15.9. The molecule has 0 heterocycles. The molecule has 0 aromatic heterocycles. The number of methoxy groups -OCH3 is 2. The highest BCUT2D eigenvalue weighted by atomic mass is 16.5. The van der Waals surface area contributed by atoms with Crippen molar-refractivity contribution in [1.82, 2.24) is 5.32 Å². The van der Waals surface area contributed by atoms with Crippen molar-refractivity contribution in [3.63, 3.8) is 0 Å². The molecule has 3 heteroatoms. The molecule has 0 saturated heterocycles. The summed E-state index contributed by atoms with van der Waals surface area (Å²) in [6.07, 6.45) is 4.86. The van der Waals surface area contributed by atoms with E-state index in [1.807, 2.05) is 0 Å². The summed E-state index contributed by atoms with van der Waals surface area (Å²) in [6, 6.07) is 0. The van der Waals surface area contributed by atoms with Gasteiger partial charge in [-0.3, -0.25) is 0 Å². The fourth-order valence-electron chi connectivity index (χ4n) is 2.06. The van der Waals surface area contributed by atoms with Crippen LogP contribution in [-0.2, 0) is 9.47 Å². The van der Waals surface area contributed by atoms with E-state index in [1.165, 1.54) is 19.3 Å². The average molecular weight is 231 g/mol. The Kier molecular flexibility index (Phi) is 9.99. The van der Waals surface area contributed by atoms with E-state index in [9.17, 15) is 0 Å². The lowest BCUT2D eigenvalue weighted by atomic mass is 9.78. The topological polar surface area (TPSA) is 30.5 Å². The molecule has 0 aliphatic heterocycles. The minimum absolute atomic E-state index is 0.437. The molecule has 0 aliphatic rings. The maximum Gasteiger partial charge on any atom is 0.0587 e. The quantitative estimate of drug-likeness (QED) is 0.554. The molecule has 0 bridgehead atoms. The highest BCUT2D eigenvalue weighted by Gasteiger charge is 2.24. The molecule has 0 spiro atoms. The van der Waals surface area contributed by atoms with Gasteiger partial charge in [0, 0.05) is 33.9 Å². The maximum absolute atomic E-state index is 5.13. The first-order valence-corrected chi connectivity index (χ1v) is 6.43. The number of nitrogens with one attached hydrogen (secondary N) is 1. The zero-order chi connectivity index (χ0) is 12.3. The Labute approximate surface area is 101 Å². The fourth-order valence-corrected chi connectivity index (χ4v) is 2.06. The van der Waals surface area contributed by atoms with E-state index in [-0.39, 0.29) is 0 Å². The molecule has 98 valence electrons. The molecule has 0 rings (SSSR count). The lowest BCUT2D eigenvalue weighted by Crippen LogP contribution is -2.35. The summed E-state index contributed by atoms with van der Waals surface area (Å²) in [4.78, 5) is 0. The Bertz CT molecular complexity index is 147. The highest BCUT2D eigenvalue weighted by Crippen LogP contribution is 2.31. The van der Waals surface area contributed by atoms with Crippen molar-refractivity contribution < 1.29 is 9.47 Å². The largest absolute Gasteiger partial charge is 0.385 e. The first-order chi connectivity index (χ1) is 7.74. The number of hydrogen-bond acceptors (Lipinski definition) is 3. The number of hydrogen-bond donors (Lipinski definition) is 1. The standard InChI is InChI=1S/C13H29NO2/c1-5-13(6-2,8-7-10-15-3)12-14-9-11-16-4/h14H,5-12H2,1-4H3. The van der Waals surface area contributed by atoms with Gasteiger partial charge < -0.3 is 14.8 Å². The van der Waals surface area contributed by atoms with Crippen LogP contribution in [0.2, 0.25) is 0 Å². The van der Waals surface area contributed by atoms with E-state index in [0.717, 1.165) is 32.7 Å². The van der Waals surface area contributed by atoms with Crippen LogP contribution in [0.1, 0.15) is 39.5 Å². The van der Waals surface area contributed by atoms with Crippen LogP contribution < -0.4 is 5.32 Å². The van der Waals surface area contributed by atoms with E-state index >= 15 is 0 Å². The summed E-state index contributed by atoms with van der Waals surface area (Å²) in [5, 5.41) is 3.49. The zero-order valence-electron chi connectivity index (χ0n) is 11.5. The van der Waals surface area contributed by atoms with Gasteiger partial charge in [0.15, 0.2) is 0 Å². The molecular weight excluding hydrogens is 202 g/mol. The lowest BCUT2D eigenvalue weighted by molar-refractivity contribution is 0.150. The molecule has 0 saturated carbocycles. The predicted octanol–water partition coefficient (Wildman–Crippen LogP) is 2.46. The van der Waals surface area contributed by atoms with Crippen LogP contribution in [0.4, 0.5) is 0 Å². The number of ether oxygens (including phenoxy) is 2. The van der Waals surface area contributed by atoms with Crippen molar-refractivity contribution in [1.29, 1.82) is 0 Å². The minimum Gasteiger partial charge on any atom is -0.385 e. The van der Waals surface area contributed by atoms with Crippen molar-refractivity contribution in [3.8, 4) is 0 Å². The summed E-state index contributed by atoms with van der Waals surface area (Å²) >= 11 is 0.